The molecule has 20 heavy (non-hydrogen) atoms. The first-order valence-electron chi connectivity index (χ1n) is 6.65. The summed E-state index contributed by atoms with van der Waals surface area (Å²) in [5.74, 6) is -0.274. The van der Waals surface area contributed by atoms with Crippen molar-refractivity contribution in [2.45, 2.75) is 32.0 Å². The molecule has 1 aromatic carbocycles. The number of anilines is 1. The molecule has 0 unspecified atom stereocenters. The van der Waals surface area contributed by atoms with Crippen molar-refractivity contribution in [1.82, 2.24) is 4.90 Å². The first-order chi connectivity index (χ1) is 9.33. The third-order valence-electron chi connectivity index (χ3n) is 3.53. The fourth-order valence-electron chi connectivity index (χ4n) is 2.41. The van der Waals surface area contributed by atoms with E-state index >= 15 is 0 Å². The minimum atomic E-state index is -4.14. The van der Waals surface area contributed by atoms with Crippen LogP contribution < -0.4 is 5.32 Å². The van der Waals surface area contributed by atoms with Crippen molar-refractivity contribution in [2.24, 2.45) is 0 Å². The van der Waals surface area contributed by atoms with E-state index in [0.717, 1.165) is 0 Å². The Morgan fingerprint density at radius 1 is 1.25 bits per heavy atom. The largest absolute Gasteiger partial charge is 0.401 e. The summed E-state index contributed by atoms with van der Waals surface area (Å²) < 4.78 is 50.2. The number of nitrogens with one attached hydrogen (secondary N) is 1. The molecule has 112 valence electrons. The number of aryl methyl sites for hydroxylation is 1. The highest BCUT2D eigenvalue weighted by molar-refractivity contribution is 5.46. The lowest BCUT2D eigenvalue weighted by Gasteiger charge is -2.33. The third-order valence-corrected chi connectivity index (χ3v) is 3.53. The summed E-state index contributed by atoms with van der Waals surface area (Å²) in [6.45, 7) is 1.66. The normalized spacial score (nSPS) is 18.2. The first kappa shape index (κ1) is 15.1. The second-order valence-corrected chi connectivity index (χ2v) is 5.27. The average Bonchev–Trinajstić information content (AvgIpc) is 2.35. The van der Waals surface area contributed by atoms with Crippen molar-refractivity contribution in [1.29, 1.82) is 0 Å². The topological polar surface area (TPSA) is 15.3 Å². The maximum atomic E-state index is 13.4. The van der Waals surface area contributed by atoms with Crippen LogP contribution in [0.4, 0.5) is 23.2 Å². The van der Waals surface area contributed by atoms with Crippen LogP contribution in [-0.4, -0.2) is 36.8 Å². The summed E-state index contributed by atoms with van der Waals surface area (Å²) in [5, 5.41) is 3.18. The Morgan fingerprint density at radius 2 is 1.90 bits per heavy atom. The van der Waals surface area contributed by atoms with Gasteiger partial charge in [0, 0.05) is 24.8 Å². The van der Waals surface area contributed by atoms with Crippen LogP contribution >= 0.6 is 0 Å². The summed E-state index contributed by atoms with van der Waals surface area (Å²) in [7, 11) is 0. The SMILES string of the molecule is Cc1ccc(NC2CCN(CC(F)(F)F)CC2)cc1F. The molecular weight excluding hydrogens is 272 g/mol. The number of halogens is 4. The van der Waals surface area contributed by atoms with Crippen LogP contribution in [0.15, 0.2) is 18.2 Å². The zero-order chi connectivity index (χ0) is 14.8. The van der Waals surface area contributed by atoms with Gasteiger partial charge in [0.05, 0.1) is 6.54 Å². The van der Waals surface area contributed by atoms with Gasteiger partial charge < -0.3 is 5.32 Å². The lowest BCUT2D eigenvalue weighted by Crippen LogP contribution is -2.43. The van der Waals surface area contributed by atoms with E-state index in [4.69, 9.17) is 0 Å². The summed E-state index contributed by atoms with van der Waals surface area (Å²) in [6, 6.07) is 5.01. The van der Waals surface area contributed by atoms with Crippen LogP contribution in [0.25, 0.3) is 0 Å². The van der Waals surface area contributed by atoms with E-state index in [0.29, 0.717) is 37.2 Å². The van der Waals surface area contributed by atoms with Gasteiger partial charge in [-0.3, -0.25) is 4.90 Å². The van der Waals surface area contributed by atoms with Gasteiger partial charge in [-0.05, 0) is 37.5 Å². The van der Waals surface area contributed by atoms with Gasteiger partial charge >= 0.3 is 6.18 Å². The molecule has 0 atom stereocenters. The van der Waals surface area contributed by atoms with E-state index in [2.05, 4.69) is 5.32 Å². The molecular formula is C14H18F4N2. The molecule has 0 amide bonds. The Kier molecular flexibility index (Phi) is 4.52. The van der Waals surface area contributed by atoms with Crippen LogP contribution in [0.1, 0.15) is 18.4 Å². The Morgan fingerprint density at radius 3 is 2.45 bits per heavy atom. The Hall–Kier alpha value is -1.30. The number of benzene rings is 1. The highest BCUT2D eigenvalue weighted by Gasteiger charge is 2.32. The minimum Gasteiger partial charge on any atom is -0.382 e. The van der Waals surface area contributed by atoms with Crippen molar-refractivity contribution >= 4 is 5.69 Å². The Balaban J connectivity index is 1.83. The monoisotopic (exact) mass is 290 g/mol. The third kappa shape index (κ3) is 4.37. The standard InChI is InChI=1S/C14H18F4N2/c1-10-2-3-12(8-13(10)15)19-11-4-6-20(7-5-11)9-14(16,17)18/h2-3,8,11,19H,4-7,9H2,1H3. The minimum absolute atomic E-state index is 0.0987. The highest BCUT2D eigenvalue weighted by Crippen LogP contribution is 2.22. The first-order valence-corrected chi connectivity index (χ1v) is 6.65. The van der Waals surface area contributed by atoms with Crippen LogP contribution in [0, 0.1) is 12.7 Å². The van der Waals surface area contributed by atoms with Crippen molar-refractivity contribution in [2.75, 3.05) is 25.0 Å². The molecule has 1 saturated heterocycles. The van der Waals surface area contributed by atoms with Crippen molar-refractivity contribution in [3.8, 4) is 0 Å². The number of nitrogens with zero attached hydrogens (tertiary/aromatic N) is 1. The molecule has 1 aliphatic rings. The smallest absolute Gasteiger partial charge is 0.382 e. The van der Waals surface area contributed by atoms with E-state index in [-0.39, 0.29) is 11.9 Å². The molecule has 1 aromatic rings. The molecule has 0 aliphatic carbocycles. The van der Waals surface area contributed by atoms with Gasteiger partial charge in [0.1, 0.15) is 5.82 Å². The van der Waals surface area contributed by atoms with Gasteiger partial charge in [-0.2, -0.15) is 13.2 Å². The number of hydrogen-bond donors (Lipinski definition) is 1. The van der Waals surface area contributed by atoms with Gasteiger partial charge in [0.2, 0.25) is 0 Å². The highest BCUT2D eigenvalue weighted by atomic mass is 19.4. The van der Waals surface area contributed by atoms with Gasteiger partial charge in [0.15, 0.2) is 0 Å². The fourth-order valence-corrected chi connectivity index (χ4v) is 2.41. The predicted molar refractivity (Wildman–Crippen MR) is 70.3 cm³/mol. The molecule has 2 nitrogen and oxygen atoms in total. The molecule has 0 bridgehead atoms. The Labute approximate surface area is 115 Å². The van der Waals surface area contributed by atoms with E-state index in [1.54, 1.807) is 19.1 Å². The predicted octanol–water partition coefficient (Wildman–Crippen LogP) is 3.57. The van der Waals surface area contributed by atoms with Crippen LogP contribution in [0.3, 0.4) is 0 Å². The molecule has 1 aliphatic heterocycles. The van der Waals surface area contributed by atoms with E-state index < -0.39 is 12.7 Å². The average molecular weight is 290 g/mol. The lowest BCUT2D eigenvalue weighted by atomic mass is 10.0. The molecule has 2 rings (SSSR count). The van der Waals surface area contributed by atoms with E-state index in [1.165, 1.54) is 11.0 Å². The molecule has 6 heteroatoms. The molecule has 0 aromatic heterocycles. The quantitative estimate of drug-likeness (QED) is 0.856. The van der Waals surface area contributed by atoms with Crippen LogP contribution in [0.5, 0.6) is 0 Å². The second kappa shape index (κ2) is 5.99. The summed E-state index contributed by atoms with van der Waals surface area (Å²) in [5.41, 5.74) is 1.26. The molecule has 0 radical (unpaired) electrons. The van der Waals surface area contributed by atoms with Crippen LogP contribution in [-0.2, 0) is 0 Å². The molecule has 0 saturated carbocycles. The van der Waals surface area contributed by atoms with Crippen molar-refractivity contribution in [3.05, 3.63) is 29.6 Å². The van der Waals surface area contributed by atoms with Gasteiger partial charge in [-0.15, -0.1) is 0 Å². The zero-order valence-corrected chi connectivity index (χ0v) is 11.3. The fraction of sp³-hybridized carbons (Fsp3) is 0.571. The Bertz CT molecular complexity index is 451. The van der Waals surface area contributed by atoms with Gasteiger partial charge in [-0.25, -0.2) is 4.39 Å². The maximum absolute atomic E-state index is 13.4. The summed E-state index contributed by atoms with van der Waals surface area (Å²) in [4.78, 5) is 1.41. The molecule has 1 N–H and O–H groups in total. The number of piperidine rings is 1. The van der Waals surface area contributed by atoms with Gasteiger partial charge in [0.25, 0.3) is 0 Å². The molecule has 1 fully saturated rings. The van der Waals surface area contributed by atoms with Crippen LogP contribution in [0.2, 0.25) is 0 Å². The summed E-state index contributed by atoms with van der Waals surface area (Å²) >= 11 is 0. The van der Waals surface area contributed by atoms with E-state index in [9.17, 15) is 17.6 Å². The number of rotatable bonds is 3. The number of alkyl halides is 3. The van der Waals surface area contributed by atoms with Crippen molar-refractivity contribution < 1.29 is 17.6 Å². The van der Waals surface area contributed by atoms with Crippen molar-refractivity contribution in [3.63, 3.8) is 0 Å². The zero-order valence-electron chi connectivity index (χ0n) is 11.3. The molecule has 0 spiro atoms. The molecule has 1 heterocycles. The lowest BCUT2D eigenvalue weighted by molar-refractivity contribution is -0.147. The number of hydrogen-bond acceptors (Lipinski definition) is 2. The number of likely N-dealkylation sites (tertiary alicyclic amines) is 1. The van der Waals surface area contributed by atoms with Gasteiger partial charge in [-0.1, -0.05) is 6.07 Å². The summed E-state index contributed by atoms with van der Waals surface area (Å²) in [6.07, 6.45) is -2.88. The van der Waals surface area contributed by atoms with E-state index in [1.807, 2.05) is 0 Å². The maximum Gasteiger partial charge on any atom is 0.401 e. The second-order valence-electron chi connectivity index (χ2n) is 5.27.